The van der Waals surface area contributed by atoms with Crippen molar-refractivity contribution in [3.8, 4) is 11.5 Å². The summed E-state index contributed by atoms with van der Waals surface area (Å²) in [5, 5.41) is 12.4. The second kappa shape index (κ2) is 9.46. The minimum absolute atomic E-state index is 0.0413. The van der Waals surface area contributed by atoms with Crippen molar-refractivity contribution < 1.29 is 28.6 Å². The Morgan fingerprint density at radius 2 is 1.88 bits per heavy atom. The molecule has 170 valence electrons. The van der Waals surface area contributed by atoms with Crippen LogP contribution in [0.15, 0.2) is 71.3 Å². The van der Waals surface area contributed by atoms with Crippen molar-refractivity contribution in [2.75, 3.05) is 20.8 Å². The minimum Gasteiger partial charge on any atom is -0.503 e. The van der Waals surface area contributed by atoms with Gasteiger partial charge in [0.2, 0.25) is 5.78 Å². The molecule has 1 unspecified atom stereocenters. The highest BCUT2D eigenvalue weighted by Crippen LogP contribution is 2.40. The lowest BCUT2D eigenvalue weighted by Gasteiger charge is -2.27. The maximum Gasteiger partial charge on any atom is 0.290 e. The Morgan fingerprint density at radius 3 is 2.55 bits per heavy atom. The van der Waals surface area contributed by atoms with Crippen LogP contribution in [0.2, 0.25) is 0 Å². The summed E-state index contributed by atoms with van der Waals surface area (Å²) < 4.78 is 24.7. The van der Waals surface area contributed by atoms with Crippen LogP contribution in [0, 0.1) is 5.82 Å². The van der Waals surface area contributed by atoms with Gasteiger partial charge in [-0.1, -0.05) is 24.3 Å². The van der Waals surface area contributed by atoms with Gasteiger partial charge in [0.1, 0.15) is 5.82 Å². The van der Waals surface area contributed by atoms with Crippen LogP contribution >= 0.6 is 11.3 Å². The third-order valence-electron chi connectivity index (χ3n) is 5.55. The Bertz CT molecular complexity index is 1220. The molecule has 0 saturated carbocycles. The highest BCUT2D eigenvalue weighted by atomic mass is 32.1. The highest BCUT2D eigenvalue weighted by Gasteiger charge is 2.43. The standard InChI is InChI=1S/C25H22FNO5S/c1-31-18-9-8-15(13-19(18)32-2)10-11-27-22(16-5-3-6-17(26)14-16)21(24(29)25(27)30)23(28)20-7-4-12-33-20/h3-9,12-14,22,29H,10-11H2,1-2H3. The predicted octanol–water partition coefficient (Wildman–Crippen LogP) is 4.73. The van der Waals surface area contributed by atoms with Gasteiger partial charge in [-0.15, -0.1) is 11.3 Å². The number of carbonyl (C=O) groups excluding carboxylic acids is 2. The molecule has 6 nitrogen and oxygen atoms in total. The molecule has 2 heterocycles. The number of nitrogens with zero attached hydrogens (tertiary/aromatic N) is 1. The fourth-order valence-electron chi connectivity index (χ4n) is 3.97. The van der Waals surface area contributed by atoms with Crippen molar-refractivity contribution in [2.45, 2.75) is 12.5 Å². The van der Waals surface area contributed by atoms with Crippen molar-refractivity contribution >= 4 is 23.0 Å². The molecule has 33 heavy (non-hydrogen) atoms. The fraction of sp³-hybridized carbons (Fsp3) is 0.200. The third kappa shape index (κ3) is 4.34. The molecule has 0 spiro atoms. The van der Waals surface area contributed by atoms with E-state index in [1.807, 2.05) is 12.1 Å². The van der Waals surface area contributed by atoms with E-state index in [2.05, 4.69) is 0 Å². The van der Waals surface area contributed by atoms with Gasteiger partial charge in [0.15, 0.2) is 17.3 Å². The average Bonchev–Trinajstić information content (AvgIpc) is 3.45. The predicted molar refractivity (Wildman–Crippen MR) is 122 cm³/mol. The first-order chi connectivity index (χ1) is 15.9. The number of aliphatic hydroxyl groups excluding tert-OH is 1. The normalized spacial score (nSPS) is 15.8. The summed E-state index contributed by atoms with van der Waals surface area (Å²) in [6.45, 7) is 0.195. The van der Waals surface area contributed by atoms with E-state index in [1.165, 1.54) is 41.5 Å². The molecule has 0 saturated heterocycles. The largest absolute Gasteiger partial charge is 0.503 e. The van der Waals surface area contributed by atoms with E-state index in [4.69, 9.17) is 9.47 Å². The molecule has 1 aliphatic heterocycles. The maximum absolute atomic E-state index is 14.1. The zero-order chi connectivity index (χ0) is 23.5. The van der Waals surface area contributed by atoms with Gasteiger partial charge in [-0.3, -0.25) is 9.59 Å². The summed E-state index contributed by atoms with van der Waals surface area (Å²) in [4.78, 5) is 28.0. The molecule has 8 heteroatoms. The van der Waals surface area contributed by atoms with Crippen molar-refractivity contribution in [3.05, 3.63) is 93.1 Å². The molecule has 0 bridgehead atoms. The number of ether oxygens (including phenoxy) is 2. The van der Waals surface area contributed by atoms with Crippen LogP contribution in [-0.4, -0.2) is 42.5 Å². The monoisotopic (exact) mass is 467 g/mol. The lowest BCUT2D eigenvalue weighted by Crippen LogP contribution is -2.33. The van der Waals surface area contributed by atoms with Crippen LogP contribution in [0.3, 0.4) is 0 Å². The number of rotatable bonds is 8. The molecule has 2 aromatic carbocycles. The van der Waals surface area contributed by atoms with E-state index >= 15 is 0 Å². The number of hydrogen-bond acceptors (Lipinski definition) is 6. The van der Waals surface area contributed by atoms with Gasteiger partial charge in [0, 0.05) is 6.54 Å². The smallest absolute Gasteiger partial charge is 0.290 e. The Morgan fingerprint density at radius 1 is 1.09 bits per heavy atom. The Hall–Kier alpha value is -3.65. The van der Waals surface area contributed by atoms with Crippen LogP contribution in [0.5, 0.6) is 11.5 Å². The summed E-state index contributed by atoms with van der Waals surface area (Å²) in [5.41, 5.74) is 1.25. The minimum atomic E-state index is -0.900. The number of thiophene rings is 1. The number of halogens is 1. The Labute approximate surface area is 194 Å². The number of benzene rings is 2. The van der Waals surface area contributed by atoms with E-state index in [9.17, 15) is 19.1 Å². The van der Waals surface area contributed by atoms with E-state index in [-0.39, 0.29) is 12.1 Å². The number of aliphatic hydroxyl groups is 1. The van der Waals surface area contributed by atoms with Gasteiger partial charge < -0.3 is 19.5 Å². The van der Waals surface area contributed by atoms with Crippen LogP contribution < -0.4 is 9.47 Å². The Kier molecular flexibility index (Phi) is 6.46. The number of carbonyl (C=O) groups is 2. The molecule has 0 fully saturated rings. The summed E-state index contributed by atoms with van der Waals surface area (Å²) in [6, 6.07) is 13.6. The van der Waals surface area contributed by atoms with E-state index in [0.717, 1.165) is 5.56 Å². The van der Waals surface area contributed by atoms with Crippen molar-refractivity contribution in [3.63, 3.8) is 0 Å². The maximum atomic E-state index is 14.1. The van der Waals surface area contributed by atoms with Crippen molar-refractivity contribution in [1.29, 1.82) is 0 Å². The molecule has 1 amide bonds. The number of amides is 1. The number of methoxy groups -OCH3 is 2. The summed E-state index contributed by atoms with van der Waals surface area (Å²) in [7, 11) is 3.08. The topological polar surface area (TPSA) is 76.1 Å². The quantitative estimate of drug-likeness (QED) is 0.485. The second-order valence-corrected chi connectivity index (χ2v) is 8.41. The van der Waals surface area contributed by atoms with Gasteiger partial charge in [-0.05, 0) is 53.3 Å². The SMILES string of the molecule is COc1ccc(CCN2C(=O)C(O)=C(C(=O)c3cccs3)C2c2cccc(F)c2)cc1OC. The Balaban J connectivity index is 1.68. The first-order valence-electron chi connectivity index (χ1n) is 10.2. The van der Waals surface area contributed by atoms with Gasteiger partial charge >= 0.3 is 0 Å². The summed E-state index contributed by atoms with van der Waals surface area (Å²) >= 11 is 1.22. The van der Waals surface area contributed by atoms with E-state index in [0.29, 0.717) is 28.4 Å². The molecule has 3 aromatic rings. The lowest BCUT2D eigenvalue weighted by molar-refractivity contribution is -0.129. The molecule has 0 radical (unpaired) electrons. The first-order valence-corrected chi connectivity index (χ1v) is 11.1. The van der Waals surface area contributed by atoms with Crippen LogP contribution in [0.4, 0.5) is 4.39 Å². The van der Waals surface area contributed by atoms with Crippen molar-refractivity contribution in [1.82, 2.24) is 4.90 Å². The molecule has 1 aliphatic rings. The zero-order valence-electron chi connectivity index (χ0n) is 18.1. The molecular weight excluding hydrogens is 445 g/mol. The fourth-order valence-corrected chi connectivity index (χ4v) is 4.64. The number of hydrogen-bond donors (Lipinski definition) is 1. The molecule has 1 N–H and O–H groups in total. The molecule has 0 aliphatic carbocycles. The van der Waals surface area contributed by atoms with Gasteiger partial charge in [-0.25, -0.2) is 4.39 Å². The third-order valence-corrected chi connectivity index (χ3v) is 6.42. The van der Waals surface area contributed by atoms with E-state index in [1.54, 1.807) is 36.8 Å². The first kappa shape index (κ1) is 22.5. The number of Topliss-reactive ketones (excluding diaryl/α,β-unsaturated/α-hetero) is 1. The van der Waals surface area contributed by atoms with Crippen molar-refractivity contribution in [2.24, 2.45) is 0 Å². The van der Waals surface area contributed by atoms with Crippen LogP contribution in [0.1, 0.15) is 26.8 Å². The van der Waals surface area contributed by atoms with Gasteiger partial charge in [-0.2, -0.15) is 0 Å². The lowest BCUT2D eigenvalue weighted by atomic mass is 9.95. The van der Waals surface area contributed by atoms with E-state index < -0.39 is 29.3 Å². The van der Waals surface area contributed by atoms with Gasteiger partial charge in [0.25, 0.3) is 5.91 Å². The molecule has 4 rings (SSSR count). The zero-order valence-corrected chi connectivity index (χ0v) is 18.9. The highest BCUT2D eigenvalue weighted by molar-refractivity contribution is 7.12. The van der Waals surface area contributed by atoms with Crippen LogP contribution in [-0.2, 0) is 11.2 Å². The second-order valence-electron chi connectivity index (χ2n) is 7.46. The van der Waals surface area contributed by atoms with Crippen LogP contribution in [0.25, 0.3) is 0 Å². The van der Waals surface area contributed by atoms with Gasteiger partial charge in [0.05, 0.1) is 30.7 Å². The molecule has 1 atom stereocenters. The average molecular weight is 468 g/mol. The molecule has 1 aromatic heterocycles. The summed E-state index contributed by atoms with van der Waals surface area (Å²) in [5.74, 6) is -1.06. The molecular formula is C25H22FNO5S. The summed E-state index contributed by atoms with van der Waals surface area (Å²) in [6.07, 6.45) is 0.422. The number of ketones is 1.